The van der Waals surface area contributed by atoms with Crippen molar-refractivity contribution in [2.45, 2.75) is 19.9 Å². The van der Waals surface area contributed by atoms with Crippen LogP contribution >= 0.6 is 0 Å². The molecule has 1 aromatic rings. The van der Waals surface area contributed by atoms with Gasteiger partial charge < -0.3 is 15.4 Å². The van der Waals surface area contributed by atoms with E-state index in [1.54, 1.807) is 0 Å². The van der Waals surface area contributed by atoms with Crippen LogP contribution in [0.1, 0.15) is 18.9 Å². The van der Waals surface area contributed by atoms with Gasteiger partial charge in [-0.3, -0.25) is 4.79 Å². The van der Waals surface area contributed by atoms with Crippen molar-refractivity contribution in [1.82, 2.24) is 10.6 Å². The van der Waals surface area contributed by atoms with Gasteiger partial charge in [-0.15, -0.1) is 0 Å². The largest absolute Gasteiger partial charge is 0.483 e. The number of carbonyl (C=O) groups is 1. The summed E-state index contributed by atoms with van der Waals surface area (Å²) >= 11 is 0. The van der Waals surface area contributed by atoms with E-state index in [-0.39, 0.29) is 12.5 Å². The minimum atomic E-state index is -0.214. The predicted molar refractivity (Wildman–Crippen MR) is 72.6 cm³/mol. The van der Waals surface area contributed by atoms with Crippen LogP contribution in [0.5, 0.6) is 5.75 Å². The summed E-state index contributed by atoms with van der Waals surface area (Å²) in [4.78, 5) is 11.5. The summed E-state index contributed by atoms with van der Waals surface area (Å²) in [5, 5.41) is 14.2. The lowest BCUT2D eigenvalue weighted by Gasteiger charge is -2.11. The van der Waals surface area contributed by atoms with Crippen molar-refractivity contribution in [1.29, 1.82) is 5.26 Å². The number of ether oxygens (including phenoxy) is 1. The molecule has 0 aliphatic heterocycles. The van der Waals surface area contributed by atoms with Crippen molar-refractivity contribution in [3.63, 3.8) is 0 Å². The zero-order valence-corrected chi connectivity index (χ0v) is 11.1. The minimum Gasteiger partial charge on any atom is -0.483 e. The van der Waals surface area contributed by atoms with Crippen LogP contribution in [-0.4, -0.2) is 25.6 Å². The standard InChI is InChI=1S/C14H19N3O2/c1-2-16-10-12-6-3-4-7-13(12)19-11-14(18)17-9-5-8-15/h3-4,6-7,16H,2,5,9-11H2,1H3,(H,17,18). The first-order chi connectivity index (χ1) is 9.27. The Morgan fingerprint density at radius 1 is 1.42 bits per heavy atom. The number of hydrogen-bond acceptors (Lipinski definition) is 4. The molecule has 0 saturated carbocycles. The van der Waals surface area contributed by atoms with Gasteiger partial charge in [-0.1, -0.05) is 25.1 Å². The Kier molecular flexibility index (Phi) is 7.06. The Labute approximate surface area is 113 Å². The third kappa shape index (κ3) is 5.89. The van der Waals surface area contributed by atoms with E-state index in [0.717, 1.165) is 12.1 Å². The van der Waals surface area contributed by atoms with Crippen LogP contribution in [0.25, 0.3) is 0 Å². The van der Waals surface area contributed by atoms with Gasteiger partial charge in [0.15, 0.2) is 6.61 Å². The van der Waals surface area contributed by atoms with E-state index < -0.39 is 0 Å². The molecule has 0 spiro atoms. The molecule has 1 aromatic carbocycles. The Balaban J connectivity index is 2.43. The average molecular weight is 261 g/mol. The van der Waals surface area contributed by atoms with E-state index in [9.17, 15) is 4.79 Å². The van der Waals surface area contributed by atoms with Crippen molar-refractivity contribution in [3.8, 4) is 11.8 Å². The summed E-state index contributed by atoms with van der Waals surface area (Å²) in [6.07, 6.45) is 0.308. The minimum absolute atomic E-state index is 0.0332. The third-order valence-corrected chi connectivity index (χ3v) is 2.46. The summed E-state index contributed by atoms with van der Waals surface area (Å²) < 4.78 is 5.49. The number of nitrogens with one attached hydrogen (secondary N) is 2. The van der Waals surface area contributed by atoms with Gasteiger partial charge in [0.05, 0.1) is 12.5 Å². The van der Waals surface area contributed by atoms with Crippen molar-refractivity contribution in [3.05, 3.63) is 29.8 Å². The van der Waals surface area contributed by atoms with Crippen molar-refractivity contribution in [2.24, 2.45) is 0 Å². The fourth-order valence-electron chi connectivity index (χ4n) is 1.50. The monoisotopic (exact) mass is 261 g/mol. The molecule has 0 aromatic heterocycles. The Morgan fingerprint density at radius 2 is 2.21 bits per heavy atom. The maximum Gasteiger partial charge on any atom is 0.257 e. The molecule has 0 heterocycles. The molecule has 0 aliphatic rings. The number of nitriles is 1. The molecule has 0 bridgehead atoms. The summed E-state index contributed by atoms with van der Waals surface area (Å²) in [6.45, 7) is 3.95. The van der Waals surface area contributed by atoms with Gasteiger partial charge >= 0.3 is 0 Å². The molecule has 1 rings (SSSR count). The first-order valence-electron chi connectivity index (χ1n) is 6.33. The zero-order chi connectivity index (χ0) is 13.9. The van der Waals surface area contributed by atoms with Crippen LogP contribution in [0.2, 0.25) is 0 Å². The van der Waals surface area contributed by atoms with Gasteiger partial charge in [-0.25, -0.2) is 0 Å². The van der Waals surface area contributed by atoms with Crippen LogP contribution in [0, 0.1) is 11.3 Å². The van der Waals surface area contributed by atoms with E-state index in [0.29, 0.717) is 25.3 Å². The van der Waals surface area contributed by atoms with Crippen LogP contribution in [0.4, 0.5) is 0 Å². The highest BCUT2D eigenvalue weighted by Gasteiger charge is 2.05. The fraction of sp³-hybridized carbons (Fsp3) is 0.429. The van der Waals surface area contributed by atoms with Crippen molar-refractivity contribution in [2.75, 3.05) is 19.7 Å². The molecule has 0 atom stereocenters. The maximum atomic E-state index is 11.5. The highest BCUT2D eigenvalue weighted by atomic mass is 16.5. The third-order valence-electron chi connectivity index (χ3n) is 2.46. The molecule has 102 valence electrons. The van der Waals surface area contributed by atoms with E-state index >= 15 is 0 Å². The number of hydrogen-bond donors (Lipinski definition) is 2. The number of para-hydroxylation sites is 1. The second-order valence-electron chi connectivity index (χ2n) is 3.93. The van der Waals surface area contributed by atoms with Crippen LogP contribution in [-0.2, 0) is 11.3 Å². The lowest BCUT2D eigenvalue weighted by atomic mass is 10.2. The first kappa shape index (κ1) is 15.0. The van der Waals surface area contributed by atoms with Gasteiger partial charge in [0, 0.05) is 18.7 Å². The van der Waals surface area contributed by atoms with Crippen LogP contribution in [0.3, 0.4) is 0 Å². The number of carbonyl (C=O) groups excluding carboxylic acids is 1. The lowest BCUT2D eigenvalue weighted by molar-refractivity contribution is -0.123. The van der Waals surface area contributed by atoms with Gasteiger partial charge in [-0.2, -0.15) is 5.26 Å². The average Bonchev–Trinajstić information content (AvgIpc) is 2.44. The van der Waals surface area contributed by atoms with Gasteiger partial charge in [-0.05, 0) is 12.6 Å². The number of nitrogens with zero attached hydrogens (tertiary/aromatic N) is 1. The highest BCUT2D eigenvalue weighted by Crippen LogP contribution is 2.17. The maximum absolute atomic E-state index is 11.5. The molecule has 0 aliphatic carbocycles. The fourth-order valence-corrected chi connectivity index (χ4v) is 1.50. The smallest absolute Gasteiger partial charge is 0.257 e. The van der Waals surface area contributed by atoms with Crippen LogP contribution < -0.4 is 15.4 Å². The summed E-state index contributed by atoms with van der Waals surface area (Å²) in [5.41, 5.74) is 1.02. The molecular formula is C14H19N3O2. The van der Waals surface area contributed by atoms with Gasteiger partial charge in [0.1, 0.15) is 5.75 Å². The normalized spacial score (nSPS) is 9.68. The number of amides is 1. The quantitative estimate of drug-likeness (QED) is 0.690. The number of benzene rings is 1. The second-order valence-corrected chi connectivity index (χ2v) is 3.93. The summed E-state index contributed by atoms with van der Waals surface area (Å²) in [5.74, 6) is 0.493. The van der Waals surface area contributed by atoms with E-state index in [2.05, 4.69) is 10.6 Å². The number of rotatable bonds is 8. The highest BCUT2D eigenvalue weighted by molar-refractivity contribution is 5.77. The Hall–Kier alpha value is -2.06. The van der Waals surface area contributed by atoms with E-state index in [1.165, 1.54) is 0 Å². The van der Waals surface area contributed by atoms with E-state index in [4.69, 9.17) is 10.00 Å². The Morgan fingerprint density at radius 3 is 2.95 bits per heavy atom. The zero-order valence-electron chi connectivity index (χ0n) is 11.1. The first-order valence-corrected chi connectivity index (χ1v) is 6.33. The summed E-state index contributed by atoms with van der Waals surface area (Å²) in [6, 6.07) is 9.58. The van der Waals surface area contributed by atoms with Gasteiger partial charge in [0.25, 0.3) is 5.91 Å². The molecule has 2 N–H and O–H groups in total. The molecule has 0 saturated heterocycles. The molecule has 5 nitrogen and oxygen atoms in total. The molecule has 1 amide bonds. The molecule has 0 fully saturated rings. The van der Waals surface area contributed by atoms with E-state index in [1.807, 2.05) is 37.3 Å². The topological polar surface area (TPSA) is 74.2 Å². The second kappa shape index (κ2) is 8.95. The predicted octanol–water partition coefficient (Wildman–Crippen LogP) is 1.20. The van der Waals surface area contributed by atoms with Gasteiger partial charge in [0.2, 0.25) is 0 Å². The van der Waals surface area contributed by atoms with Crippen molar-refractivity contribution >= 4 is 5.91 Å². The lowest BCUT2D eigenvalue weighted by Crippen LogP contribution is -2.29. The molecular weight excluding hydrogens is 242 g/mol. The molecule has 0 unspecified atom stereocenters. The molecule has 0 radical (unpaired) electrons. The molecule has 5 heteroatoms. The SMILES string of the molecule is CCNCc1ccccc1OCC(=O)NCCC#N. The Bertz CT molecular complexity index is 441. The van der Waals surface area contributed by atoms with Crippen LogP contribution in [0.15, 0.2) is 24.3 Å². The summed E-state index contributed by atoms with van der Waals surface area (Å²) in [7, 11) is 0. The van der Waals surface area contributed by atoms with Crippen molar-refractivity contribution < 1.29 is 9.53 Å². The molecule has 19 heavy (non-hydrogen) atoms.